The molecular weight excluding hydrogens is 564 g/mol. The molecule has 0 saturated heterocycles. The first-order valence-electron chi connectivity index (χ1n) is 16.5. The summed E-state index contributed by atoms with van der Waals surface area (Å²) in [5.74, 6) is 2.81. The molecule has 2 aliphatic heterocycles. The number of benzene rings is 4. The van der Waals surface area contributed by atoms with Crippen LogP contribution in [0.2, 0.25) is 0 Å². The van der Waals surface area contributed by atoms with Gasteiger partial charge in [0.1, 0.15) is 23.4 Å². The maximum Gasteiger partial charge on any atom is 0.132 e. The van der Waals surface area contributed by atoms with Crippen molar-refractivity contribution in [3.63, 3.8) is 0 Å². The molecule has 5 aromatic rings. The Bertz CT molecular complexity index is 2170. The second-order valence-corrected chi connectivity index (χ2v) is 12.7. The van der Waals surface area contributed by atoms with Crippen LogP contribution in [0.3, 0.4) is 0 Å². The molecule has 226 valence electrons. The molecule has 2 unspecified atom stereocenters. The number of ether oxygens (including phenoxy) is 2. The summed E-state index contributed by atoms with van der Waals surface area (Å²) in [7, 11) is 0. The van der Waals surface area contributed by atoms with Crippen LogP contribution in [0.1, 0.15) is 43.7 Å². The Balaban J connectivity index is 1.32. The molecule has 2 atom stereocenters. The van der Waals surface area contributed by atoms with E-state index in [4.69, 9.17) is 15.2 Å². The molecule has 3 heterocycles. The first-order valence-corrected chi connectivity index (χ1v) is 16.5. The van der Waals surface area contributed by atoms with Crippen LogP contribution in [0.5, 0.6) is 11.5 Å². The highest BCUT2D eigenvalue weighted by Crippen LogP contribution is 2.61. The summed E-state index contributed by atoms with van der Waals surface area (Å²) in [4.78, 5) is 0. The molecule has 0 radical (unpaired) electrons. The molecule has 46 heavy (non-hydrogen) atoms. The molecule has 1 spiro atoms. The normalized spacial score (nSPS) is 21.6. The Morgan fingerprint density at radius 1 is 0.891 bits per heavy atom. The molecule has 4 heteroatoms. The lowest BCUT2D eigenvalue weighted by Crippen LogP contribution is -2.46. The number of allylic oxidation sites excluding steroid dienone is 6. The van der Waals surface area contributed by atoms with Gasteiger partial charge in [0, 0.05) is 40.1 Å². The monoisotopic (exact) mass is 600 g/mol. The molecule has 0 bridgehead atoms. The van der Waals surface area contributed by atoms with Gasteiger partial charge in [-0.05, 0) is 85.4 Å². The highest BCUT2D eigenvalue weighted by Gasteiger charge is 2.54. The summed E-state index contributed by atoms with van der Waals surface area (Å²) < 4.78 is 16.2. The van der Waals surface area contributed by atoms with E-state index in [1.54, 1.807) is 0 Å². The Morgan fingerprint density at radius 2 is 1.63 bits per heavy atom. The zero-order valence-corrected chi connectivity index (χ0v) is 26.0. The number of hydrogen-bond donors (Lipinski definition) is 1. The quantitative estimate of drug-likeness (QED) is 0.224. The van der Waals surface area contributed by atoms with Crippen LogP contribution >= 0.6 is 0 Å². The van der Waals surface area contributed by atoms with Gasteiger partial charge >= 0.3 is 0 Å². The molecule has 2 N–H and O–H groups in total. The van der Waals surface area contributed by atoms with Crippen molar-refractivity contribution in [2.45, 2.75) is 44.1 Å². The van der Waals surface area contributed by atoms with Crippen molar-refractivity contribution in [2.75, 3.05) is 6.54 Å². The van der Waals surface area contributed by atoms with Gasteiger partial charge in [0.15, 0.2) is 0 Å². The van der Waals surface area contributed by atoms with E-state index in [2.05, 4.69) is 133 Å². The van der Waals surface area contributed by atoms with Crippen molar-refractivity contribution in [2.24, 2.45) is 5.73 Å². The summed E-state index contributed by atoms with van der Waals surface area (Å²) in [6, 6.07) is 32.8. The predicted octanol–water partition coefficient (Wildman–Crippen LogP) is 9.38. The van der Waals surface area contributed by atoms with Gasteiger partial charge in [0.05, 0.1) is 16.4 Å². The van der Waals surface area contributed by atoms with E-state index in [-0.39, 0.29) is 6.10 Å². The molecule has 2 aliphatic carbocycles. The summed E-state index contributed by atoms with van der Waals surface area (Å²) in [5.41, 5.74) is 16.6. The second-order valence-electron chi connectivity index (χ2n) is 12.7. The van der Waals surface area contributed by atoms with E-state index in [0.29, 0.717) is 6.54 Å². The number of nitrogens with two attached hydrogens (primary N) is 1. The number of aromatic nitrogens is 1. The van der Waals surface area contributed by atoms with Crippen LogP contribution in [-0.4, -0.2) is 17.2 Å². The van der Waals surface area contributed by atoms with Crippen LogP contribution in [0.15, 0.2) is 149 Å². The molecule has 0 saturated carbocycles. The zero-order valence-electron chi connectivity index (χ0n) is 26.0. The lowest BCUT2D eigenvalue weighted by atomic mass is 9.57. The molecular formula is C42H36N2O2. The van der Waals surface area contributed by atoms with Gasteiger partial charge in [-0.15, -0.1) is 0 Å². The molecule has 4 aliphatic rings. The fourth-order valence-electron chi connectivity index (χ4n) is 8.50. The van der Waals surface area contributed by atoms with Crippen LogP contribution in [-0.2, 0) is 5.41 Å². The van der Waals surface area contributed by atoms with Gasteiger partial charge < -0.3 is 19.8 Å². The van der Waals surface area contributed by atoms with Crippen molar-refractivity contribution in [3.05, 3.63) is 161 Å². The maximum atomic E-state index is 7.00. The summed E-state index contributed by atoms with van der Waals surface area (Å²) in [6.07, 6.45) is 14.7. The topological polar surface area (TPSA) is 49.4 Å². The largest absolute Gasteiger partial charge is 0.485 e. The minimum absolute atomic E-state index is 0.0699. The number of rotatable bonds is 4. The van der Waals surface area contributed by atoms with E-state index in [1.807, 2.05) is 0 Å². The molecule has 4 nitrogen and oxygen atoms in total. The van der Waals surface area contributed by atoms with Gasteiger partial charge in [0.25, 0.3) is 0 Å². The second kappa shape index (κ2) is 10.5. The molecule has 0 amide bonds. The fourth-order valence-corrected chi connectivity index (χ4v) is 8.50. The average molecular weight is 601 g/mol. The van der Waals surface area contributed by atoms with Gasteiger partial charge in [-0.25, -0.2) is 0 Å². The van der Waals surface area contributed by atoms with Gasteiger partial charge in [0.2, 0.25) is 0 Å². The molecule has 0 fully saturated rings. The van der Waals surface area contributed by atoms with Crippen LogP contribution in [0, 0.1) is 0 Å². The molecule has 4 aromatic carbocycles. The predicted molar refractivity (Wildman–Crippen MR) is 187 cm³/mol. The number of hydrogen-bond acceptors (Lipinski definition) is 3. The molecule has 1 aromatic heterocycles. The number of fused-ring (bicyclic) bond motifs is 10. The van der Waals surface area contributed by atoms with Gasteiger partial charge in [-0.3, -0.25) is 0 Å². The van der Waals surface area contributed by atoms with Crippen LogP contribution < -0.4 is 15.2 Å². The minimum Gasteiger partial charge on any atom is -0.485 e. The third-order valence-corrected chi connectivity index (χ3v) is 10.4. The summed E-state index contributed by atoms with van der Waals surface area (Å²) in [5, 5.41) is 2.51. The summed E-state index contributed by atoms with van der Waals surface area (Å²) >= 11 is 0. The van der Waals surface area contributed by atoms with Crippen LogP contribution in [0.25, 0.3) is 27.5 Å². The van der Waals surface area contributed by atoms with E-state index in [0.717, 1.165) is 48.6 Å². The highest BCUT2D eigenvalue weighted by atomic mass is 16.5. The van der Waals surface area contributed by atoms with E-state index in [9.17, 15) is 0 Å². The zero-order chi connectivity index (χ0) is 30.8. The molecule has 9 rings (SSSR count). The van der Waals surface area contributed by atoms with Gasteiger partial charge in [-0.1, -0.05) is 85.0 Å². The SMILES string of the molecule is C/C=C(\CCN)C1=CC2=C(CC1)C1(C3=CC=CCC3Oc3cc(-n4c5ccccc5c5ccccc54)ccc31)c1ccccc1O2. The van der Waals surface area contributed by atoms with E-state index < -0.39 is 5.41 Å². The third-order valence-electron chi connectivity index (χ3n) is 10.4. The Labute approximate surface area is 269 Å². The maximum absolute atomic E-state index is 7.00. The summed E-state index contributed by atoms with van der Waals surface area (Å²) in [6.45, 7) is 2.75. The van der Waals surface area contributed by atoms with Crippen LogP contribution in [0.4, 0.5) is 0 Å². The first-order chi connectivity index (χ1) is 22.7. The van der Waals surface area contributed by atoms with Crippen molar-refractivity contribution >= 4 is 21.8 Å². The van der Waals surface area contributed by atoms with E-state index in [1.165, 1.54) is 55.2 Å². The highest BCUT2D eigenvalue weighted by molar-refractivity contribution is 6.09. The smallest absolute Gasteiger partial charge is 0.132 e. The first kappa shape index (κ1) is 27.3. The number of para-hydroxylation sites is 3. The van der Waals surface area contributed by atoms with Crippen molar-refractivity contribution in [1.29, 1.82) is 0 Å². The lowest BCUT2D eigenvalue weighted by Gasteiger charge is -2.50. The standard InChI is InChI=1S/C42H36N2O2/c1-2-27(23-24-43)28-19-21-34-40(25-28)45-38-17-9-5-13-32(38)42(34)33-14-6-10-18-39(33)46-41-26-29(20-22-35(41)42)44-36-15-7-3-11-30(36)31-12-4-8-16-37(31)44/h2-17,20,22,25-26,39H,18-19,21,23-24,43H2,1H3/b27-2+. The third kappa shape index (κ3) is 3.77. The Morgan fingerprint density at radius 3 is 2.41 bits per heavy atom. The lowest BCUT2D eigenvalue weighted by molar-refractivity contribution is 0.198. The fraction of sp³-hybridized carbons (Fsp3) is 0.190. The Hall–Kier alpha value is -5.06. The Kier molecular flexibility index (Phi) is 6.22. The van der Waals surface area contributed by atoms with E-state index >= 15 is 0 Å². The van der Waals surface area contributed by atoms with Gasteiger partial charge in [-0.2, -0.15) is 0 Å². The number of nitrogens with zero attached hydrogens (tertiary/aromatic N) is 1. The van der Waals surface area contributed by atoms with Crippen molar-refractivity contribution < 1.29 is 9.47 Å². The van der Waals surface area contributed by atoms with Crippen molar-refractivity contribution in [1.82, 2.24) is 4.57 Å². The average Bonchev–Trinajstić information content (AvgIpc) is 3.44. The van der Waals surface area contributed by atoms with Crippen molar-refractivity contribution in [3.8, 4) is 17.2 Å². The minimum atomic E-state index is -0.488.